The van der Waals surface area contributed by atoms with Crippen molar-refractivity contribution in [1.29, 1.82) is 0 Å². The minimum atomic E-state index is -0.216. The van der Waals surface area contributed by atoms with Crippen molar-refractivity contribution in [1.82, 2.24) is 9.55 Å². The van der Waals surface area contributed by atoms with Crippen molar-refractivity contribution in [3.63, 3.8) is 0 Å². The Morgan fingerprint density at radius 2 is 1.51 bits per heavy atom. The van der Waals surface area contributed by atoms with E-state index >= 15 is 0 Å². The van der Waals surface area contributed by atoms with E-state index < -0.39 is 0 Å². The lowest BCUT2D eigenvalue weighted by Gasteiger charge is -2.38. The fraction of sp³-hybridized carbons (Fsp3) is 0.205. The molecule has 0 N–H and O–H groups in total. The van der Waals surface area contributed by atoms with Crippen LogP contribution in [0.1, 0.15) is 58.5 Å². The first-order valence-electron chi connectivity index (χ1n) is 14.7. The highest BCUT2D eigenvalue weighted by molar-refractivity contribution is 6.20. The molecule has 0 bridgehead atoms. The highest BCUT2D eigenvalue weighted by Gasteiger charge is 2.39. The van der Waals surface area contributed by atoms with Crippen LogP contribution in [0.3, 0.4) is 0 Å². The zero-order valence-corrected chi connectivity index (χ0v) is 25.0. The molecule has 4 aromatic carbocycles. The predicted molar refractivity (Wildman–Crippen MR) is 179 cm³/mol. The molecule has 0 amide bonds. The molecule has 6 rings (SSSR count). The highest BCUT2D eigenvalue weighted by atomic mass is 15.1. The quantitative estimate of drug-likeness (QED) is 0.162. The van der Waals surface area contributed by atoms with Gasteiger partial charge in [0, 0.05) is 17.5 Å². The van der Waals surface area contributed by atoms with E-state index in [0.717, 1.165) is 23.3 Å². The molecule has 0 atom stereocenters. The Labute approximate surface area is 243 Å². The van der Waals surface area contributed by atoms with E-state index in [9.17, 15) is 0 Å². The second-order valence-corrected chi connectivity index (χ2v) is 11.3. The molecule has 0 saturated heterocycles. The summed E-state index contributed by atoms with van der Waals surface area (Å²) in [5, 5.41) is 5.01. The number of rotatable bonds is 5. The summed E-state index contributed by atoms with van der Waals surface area (Å²) in [4.78, 5) is 5.14. The van der Waals surface area contributed by atoms with Crippen LogP contribution in [-0.4, -0.2) is 9.55 Å². The van der Waals surface area contributed by atoms with Gasteiger partial charge in [-0.3, -0.25) is 4.57 Å². The molecule has 2 nitrogen and oxygen atoms in total. The normalized spacial score (nSPS) is 17.1. The molecule has 1 aliphatic rings. The van der Waals surface area contributed by atoms with Crippen LogP contribution < -0.4 is 0 Å². The van der Waals surface area contributed by atoms with Gasteiger partial charge in [0.2, 0.25) is 0 Å². The molecule has 2 heterocycles. The summed E-state index contributed by atoms with van der Waals surface area (Å²) in [6.07, 6.45) is 13.7. The third-order valence-corrected chi connectivity index (χ3v) is 8.71. The van der Waals surface area contributed by atoms with Crippen molar-refractivity contribution >= 4 is 43.8 Å². The Kier molecular flexibility index (Phi) is 6.66. The van der Waals surface area contributed by atoms with Crippen LogP contribution in [0.25, 0.3) is 55.0 Å². The molecule has 0 radical (unpaired) electrons. The van der Waals surface area contributed by atoms with Crippen LogP contribution in [0.5, 0.6) is 0 Å². The Hall–Kier alpha value is -4.43. The molecule has 1 aromatic heterocycles. The fourth-order valence-electron chi connectivity index (χ4n) is 7.18. The molecule has 5 aromatic rings. The minimum Gasteiger partial charge on any atom is -0.296 e. The topological polar surface area (TPSA) is 17.8 Å². The minimum absolute atomic E-state index is 0.216. The third-order valence-electron chi connectivity index (χ3n) is 8.71. The average molecular weight is 535 g/mol. The Morgan fingerprint density at radius 1 is 0.878 bits per heavy atom. The number of allylic oxidation sites excluding steroid dienone is 9. The zero-order chi connectivity index (χ0) is 28.9. The van der Waals surface area contributed by atoms with Crippen molar-refractivity contribution in [2.45, 2.75) is 53.4 Å². The van der Waals surface area contributed by atoms with E-state index in [-0.39, 0.29) is 5.41 Å². The van der Waals surface area contributed by atoms with Gasteiger partial charge < -0.3 is 0 Å². The molecule has 0 aliphatic carbocycles. The van der Waals surface area contributed by atoms with Gasteiger partial charge in [0.25, 0.3) is 0 Å². The van der Waals surface area contributed by atoms with Gasteiger partial charge in [-0.05, 0) is 81.8 Å². The lowest BCUT2D eigenvalue weighted by Crippen LogP contribution is -2.29. The number of hydrogen-bond donors (Lipinski definition) is 0. The Morgan fingerprint density at radius 3 is 2.05 bits per heavy atom. The maximum atomic E-state index is 5.14. The van der Waals surface area contributed by atoms with Crippen molar-refractivity contribution in [3.8, 4) is 11.1 Å². The molecule has 204 valence electrons. The van der Waals surface area contributed by atoms with Crippen LogP contribution in [0, 0.1) is 0 Å². The number of aromatic nitrogens is 2. The van der Waals surface area contributed by atoms with Crippen molar-refractivity contribution in [2.24, 2.45) is 0 Å². The van der Waals surface area contributed by atoms with Crippen molar-refractivity contribution < 1.29 is 0 Å². The number of aryl methyl sites for hydroxylation is 1. The summed E-state index contributed by atoms with van der Waals surface area (Å²) in [5.74, 6) is 1.11. The number of fused-ring (bicyclic) bond motifs is 2. The highest BCUT2D eigenvalue weighted by Crippen LogP contribution is 2.52. The summed E-state index contributed by atoms with van der Waals surface area (Å²) in [7, 11) is 0. The van der Waals surface area contributed by atoms with E-state index in [0.29, 0.717) is 0 Å². The van der Waals surface area contributed by atoms with Crippen LogP contribution in [-0.2, 0) is 11.8 Å². The molecular formula is C39H38N2. The predicted octanol–water partition coefficient (Wildman–Crippen LogP) is 10.8. The van der Waals surface area contributed by atoms with E-state index in [1.165, 1.54) is 60.6 Å². The first-order chi connectivity index (χ1) is 19.9. The lowest BCUT2D eigenvalue weighted by molar-refractivity contribution is 0.627. The molecule has 2 heteroatoms. The third kappa shape index (κ3) is 3.81. The van der Waals surface area contributed by atoms with Crippen LogP contribution in [0.15, 0.2) is 109 Å². The second-order valence-electron chi connectivity index (χ2n) is 11.3. The fourth-order valence-corrected chi connectivity index (χ4v) is 7.18. The summed E-state index contributed by atoms with van der Waals surface area (Å²) >= 11 is 0. The maximum absolute atomic E-state index is 5.14. The SMILES string of the molecule is C=C/C=C(\C=C/C)c1c2ccccc2c(-c2ccc3nc(CC)n4c3c2C(C)(C)C(=C/C)/C4=C\C)c2ccccc12. The maximum Gasteiger partial charge on any atom is 0.114 e. The van der Waals surface area contributed by atoms with Gasteiger partial charge in [-0.2, -0.15) is 0 Å². The van der Waals surface area contributed by atoms with Gasteiger partial charge in [0.1, 0.15) is 5.82 Å². The van der Waals surface area contributed by atoms with E-state index in [1.54, 1.807) is 0 Å². The Balaban J connectivity index is 1.86. The van der Waals surface area contributed by atoms with Gasteiger partial charge in [-0.1, -0.05) is 118 Å². The second kappa shape index (κ2) is 10.2. The van der Waals surface area contributed by atoms with Gasteiger partial charge >= 0.3 is 0 Å². The number of imidazole rings is 1. The average Bonchev–Trinajstić information content (AvgIpc) is 3.36. The summed E-state index contributed by atoms with van der Waals surface area (Å²) < 4.78 is 2.42. The van der Waals surface area contributed by atoms with Crippen LogP contribution in [0.4, 0.5) is 0 Å². The molecule has 41 heavy (non-hydrogen) atoms. The summed E-state index contributed by atoms with van der Waals surface area (Å²) in [6.45, 7) is 17.4. The van der Waals surface area contributed by atoms with E-state index in [1.807, 2.05) is 6.08 Å². The Bertz CT molecular complexity index is 1930. The largest absolute Gasteiger partial charge is 0.296 e. The van der Waals surface area contributed by atoms with Gasteiger partial charge in [-0.25, -0.2) is 4.98 Å². The number of benzene rings is 4. The molecule has 0 unspecified atom stereocenters. The number of hydrogen-bond acceptors (Lipinski definition) is 1. The monoisotopic (exact) mass is 534 g/mol. The molecule has 0 saturated carbocycles. The van der Waals surface area contributed by atoms with Crippen molar-refractivity contribution in [2.75, 3.05) is 0 Å². The zero-order valence-electron chi connectivity index (χ0n) is 25.0. The molecule has 0 fully saturated rings. The first-order valence-corrected chi connectivity index (χ1v) is 14.7. The molecule has 0 spiro atoms. The summed E-state index contributed by atoms with van der Waals surface area (Å²) in [6, 6.07) is 22.3. The van der Waals surface area contributed by atoms with Crippen LogP contribution in [0.2, 0.25) is 0 Å². The van der Waals surface area contributed by atoms with E-state index in [2.05, 4.69) is 144 Å². The first kappa shape index (κ1) is 26.8. The van der Waals surface area contributed by atoms with Gasteiger partial charge in [0.05, 0.1) is 11.0 Å². The summed E-state index contributed by atoms with van der Waals surface area (Å²) in [5.41, 5.74) is 11.0. The molecule has 1 aliphatic heterocycles. The smallest absolute Gasteiger partial charge is 0.114 e. The van der Waals surface area contributed by atoms with Gasteiger partial charge in [0.15, 0.2) is 0 Å². The number of nitrogens with zero attached hydrogens (tertiary/aromatic N) is 2. The van der Waals surface area contributed by atoms with Crippen molar-refractivity contribution in [3.05, 3.63) is 126 Å². The van der Waals surface area contributed by atoms with E-state index in [4.69, 9.17) is 4.98 Å². The van der Waals surface area contributed by atoms with Crippen LogP contribution >= 0.6 is 0 Å². The molecular weight excluding hydrogens is 496 g/mol. The lowest BCUT2D eigenvalue weighted by atomic mass is 9.70. The van der Waals surface area contributed by atoms with Gasteiger partial charge in [-0.15, -0.1) is 0 Å². The standard InChI is InChI=1S/C39H38N2/c1-8-17-25(18-9-2)35-26-19-13-15-21-28(26)36(29-22-16-14-20-27(29)35)30-23-24-32-38-37(30)39(6,7)31(10-3)33(11-4)41(38)34(12-5)40-32/h8-11,13-24H,1,12H2,2-7H3/b18-9-,25-17+,31-10+,33-11+.